The standard InChI is InChI=1S/C32H31ClFN5O4/c1-18(2)27-28(39-30-24(31(40)37-32(39)41)15-25(34)29(33)36-30)19(3)14-26(35-27)38(16-20-6-10-22(42-4)11-7-20)17-21-8-12-23(43-5)13-9-21/h6-15,18H,16-17H2,1-5H3,(H,37,40,41). The highest BCUT2D eigenvalue weighted by molar-refractivity contribution is 6.29. The van der Waals surface area contributed by atoms with Gasteiger partial charge >= 0.3 is 5.69 Å². The van der Waals surface area contributed by atoms with Crippen molar-refractivity contribution in [2.45, 2.75) is 39.8 Å². The maximum Gasteiger partial charge on any atom is 0.334 e. The summed E-state index contributed by atoms with van der Waals surface area (Å²) in [6.45, 7) is 6.87. The van der Waals surface area contributed by atoms with Crippen molar-refractivity contribution in [3.05, 3.63) is 115 Å². The lowest BCUT2D eigenvalue weighted by molar-refractivity contribution is 0.414. The van der Waals surface area contributed by atoms with Gasteiger partial charge < -0.3 is 14.4 Å². The summed E-state index contributed by atoms with van der Waals surface area (Å²) >= 11 is 6.00. The van der Waals surface area contributed by atoms with Crippen molar-refractivity contribution >= 4 is 28.5 Å². The maximum absolute atomic E-state index is 14.3. The van der Waals surface area contributed by atoms with Gasteiger partial charge in [0.25, 0.3) is 5.56 Å². The second-order valence-corrected chi connectivity index (χ2v) is 10.8. The quantitative estimate of drug-likeness (QED) is 0.209. The van der Waals surface area contributed by atoms with Gasteiger partial charge in [0.2, 0.25) is 0 Å². The fourth-order valence-corrected chi connectivity index (χ4v) is 5.10. The van der Waals surface area contributed by atoms with E-state index in [9.17, 15) is 14.0 Å². The molecule has 0 radical (unpaired) electrons. The van der Waals surface area contributed by atoms with Gasteiger partial charge in [0.1, 0.15) is 17.3 Å². The average Bonchev–Trinajstić information content (AvgIpc) is 2.99. The van der Waals surface area contributed by atoms with Crippen LogP contribution < -0.4 is 25.6 Å². The summed E-state index contributed by atoms with van der Waals surface area (Å²) in [5.41, 5.74) is 2.34. The van der Waals surface area contributed by atoms with Gasteiger partial charge in [-0.25, -0.2) is 23.7 Å². The predicted molar refractivity (Wildman–Crippen MR) is 165 cm³/mol. The molecule has 0 aliphatic heterocycles. The Hall–Kier alpha value is -4.70. The van der Waals surface area contributed by atoms with E-state index in [-0.39, 0.29) is 17.0 Å². The van der Waals surface area contributed by atoms with E-state index in [0.717, 1.165) is 28.7 Å². The molecule has 11 heteroatoms. The molecule has 43 heavy (non-hydrogen) atoms. The second kappa shape index (κ2) is 12.3. The van der Waals surface area contributed by atoms with E-state index < -0.39 is 22.2 Å². The van der Waals surface area contributed by atoms with Crippen molar-refractivity contribution in [2.75, 3.05) is 19.1 Å². The zero-order valence-electron chi connectivity index (χ0n) is 24.4. The highest BCUT2D eigenvalue weighted by Gasteiger charge is 2.23. The van der Waals surface area contributed by atoms with E-state index in [1.54, 1.807) is 14.2 Å². The molecule has 0 atom stereocenters. The van der Waals surface area contributed by atoms with Gasteiger partial charge in [-0.1, -0.05) is 49.7 Å². The number of methoxy groups -OCH3 is 2. The molecular weight excluding hydrogens is 573 g/mol. The number of anilines is 1. The first-order valence-electron chi connectivity index (χ1n) is 13.6. The van der Waals surface area contributed by atoms with Crippen molar-refractivity contribution in [2.24, 2.45) is 0 Å². The summed E-state index contributed by atoms with van der Waals surface area (Å²) in [6.07, 6.45) is 0. The van der Waals surface area contributed by atoms with Crippen LogP contribution in [0.1, 0.15) is 42.1 Å². The largest absolute Gasteiger partial charge is 0.497 e. The lowest BCUT2D eigenvalue weighted by Crippen LogP contribution is -2.32. The van der Waals surface area contributed by atoms with E-state index in [2.05, 4.69) is 14.9 Å². The number of fused-ring (bicyclic) bond motifs is 1. The molecule has 0 saturated heterocycles. The molecule has 3 aromatic heterocycles. The number of halogens is 2. The van der Waals surface area contributed by atoms with Gasteiger partial charge in [-0.2, -0.15) is 0 Å². The lowest BCUT2D eigenvalue weighted by atomic mass is 10.0. The van der Waals surface area contributed by atoms with Crippen LogP contribution in [0.4, 0.5) is 10.2 Å². The minimum absolute atomic E-state index is 0.0481. The summed E-state index contributed by atoms with van der Waals surface area (Å²) < 4.78 is 26.2. The Kier molecular flexibility index (Phi) is 8.50. The number of pyridine rings is 2. The van der Waals surface area contributed by atoms with Gasteiger partial charge in [-0.3, -0.25) is 9.78 Å². The van der Waals surface area contributed by atoms with Gasteiger partial charge in [0.05, 0.1) is 31.0 Å². The number of H-pyrrole nitrogens is 1. The SMILES string of the molecule is COc1ccc(CN(Cc2ccc(OC)cc2)c2cc(C)c(-n3c(=O)[nH]c(=O)c4cc(F)c(Cl)nc43)c(C(C)C)n2)cc1. The number of aromatic nitrogens is 4. The van der Waals surface area contributed by atoms with E-state index in [1.807, 2.05) is 75.4 Å². The minimum Gasteiger partial charge on any atom is -0.497 e. The third kappa shape index (κ3) is 6.10. The summed E-state index contributed by atoms with van der Waals surface area (Å²) in [6, 6.07) is 18.5. The first-order chi connectivity index (χ1) is 20.6. The molecule has 3 heterocycles. The molecule has 0 unspecified atom stereocenters. The maximum atomic E-state index is 14.3. The monoisotopic (exact) mass is 603 g/mol. The number of nitrogens with zero attached hydrogens (tertiary/aromatic N) is 4. The van der Waals surface area contributed by atoms with Gasteiger partial charge in [-0.15, -0.1) is 0 Å². The smallest absolute Gasteiger partial charge is 0.334 e. The van der Waals surface area contributed by atoms with Crippen LogP contribution in [0.25, 0.3) is 16.7 Å². The van der Waals surface area contributed by atoms with Crippen LogP contribution in [0.2, 0.25) is 5.15 Å². The molecule has 0 fully saturated rings. The Balaban J connectivity index is 1.68. The molecule has 222 valence electrons. The first-order valence-corrected chi connectivity index (χ1v) is 14.0. The molecule has 0 aliphatic rings. The molecule has 1 N–H and O–H groups in total. The summed E-state index contributed by atoms with van der Waals surface area (Å²) in [5, 5.41) is -0.537. The number of benzene rings is 2. The summed E-state index contributed by atoms with van der Waals surface area (Å²) in [5.74, 6) is 1.22. The van der Waals surface area contributed by atoms with Gasteiger partial charge in [-0.05, 0) is 65.9 Å². The third-order valence-electron chi connectivity index (χ3n) is 7.15. The molecule has 5 aromatic rings. The zero-order valence-corrected chi connectivity index (χ0v) is 25.2. The first kappa shape index (κ1) is 29.8. The van der Waals surface area contributed by atoms with Crippen LogP contribution in [-0.2, 0) is 13.1 Å². The normalized spacial score (nSPS) is 11.3. The van der Waals surface area contributed by atoms with Crippen molar-refractivity contribution in [3.63, 3.8) is 0 Å². The Morgan fingerprint density at radius 2 is 1.49 bits per heavy atom. The second-order valence-electron chi connectivity index (χ2n) is 10.5. The molecule has 0 saturated carbocycles. The van der Waals surface area contributed by atoms with E-state index in [0.29, 0.717) is 35.9 Å². The highest BCUT2D eigenvalue weighted by atomic mass is 35.5. The molecule has 5 rings (SSSR count). The van der Waals surface area contributed by atoms with Crippen molar-refractivity contribution in [1.29, 1.82) is 0 Å². The van der Waals surface area contributed by atoms with E-state index >= 15 is 0 Å². The van der Waals surface area contributed by atoms with E-state index in [1.165, 1.54) is 4.57 Å². The highest BCUT2D eigenvalue weighted by Crippen LogP contribution is 2.31. The van der Waals surface area contributed by atoms with Crippen LogP contribution in [0, 0.1) is 12.7 Å². The summed E-state index contributed by atoms with van der Waals surface area (Å²) in [4.78, 5) is 39.4. The van der Waals surface area contributed by atoms with Crippen LogP contribution in [0.15, 0.2) is 70.3 Å². The minimum atomic E-state index is -0.855. The Bertz CT molecular complexity index is 1850. The molecule has 0 spiro atoms. The van der Waals surface area contributed by atoms with Crippen LogP contribution in [0.3, 0.4) is 0 Å². The number of rotatable bonds is 9. The van der Waals surface area contributed by atoms with Crippen molar-refractivity contribution in [1.82, 2.24) is 19.5 Å². The number of ether oxygens (including phenoxy) is 2. The van der Waals surface area contributed by atoms with Crippen LogP contribution in [-0.4, -0.2) is 33.7 Å². The third-order valence-corrected chi connectivity index (χ3v) is 7.41. The molecule has 0 aliphatic carbocycles. The van der Waals surface area contributed by atoms with Crippen LogP contribution >= 0.6 is 11.6 Å². The number of nitrogens with one attached hydrogen (secondary N) is 1. The zero-order chi connectivity index (χ0) is 30.8. The molecule has 9 nitrogen and oxygen atoms in total. The Morgan fingerprint density at radius 3 is 2.00 bits per heavy atom. The topological polar surface area (TPSA) is 102 Å². The molecule has 0 bridgehead atoms. The molecule has 0 amide bonds. The average molecular weight is 604 g/mol. The predicted octanol–water partition coefficient (Wildman–Crippen LogP) is 5.92. The number of aromatic amines is 1. The van der Waals surface area contributed by atoms with Gasteiger partial charge in [0, 0.05) is 13.1 Å². The van der Waals surface area contributed by atoms with Crippen LogP contribution in [0.5, 0.6) is 11.5 Å². The Morgan fingerprint density at radius 1 is 0.930 bits per heavy atom. The fraction of sp³-hybridized carbons (Fsp3) is 0.250. The molecule has 2 aromatic carbocycles. The van der Waals surface area contributed by atoms with E-state index in [4.69, 9.17) is 26.1 Å². The fourth-order valence-electron chi connectivity index (χ4n) is 4.97. The summed E-state index contributed by atoms with van der Waals surface area (Å²) in [7, 11) is 3.26. The number of aryl methyl sites for hydroxylation is 1. The van der Waals surface area contributed by atoms with Gasteiger partial charge in [0.15, 0.2) is 16.6 Å². The number of hydrogen-bond acceptors (Lipinski definition) is 7. The lowest BCUT2D eigenvalue weighted by Gasteiger charge is -2.27. The molecular formula is C32H31ClFN5O4. The van der Waals surface area contributed by atoms with Crippen molar-refractivity contribution < 1.29 is 13.9 Å². The number of hydrogen-bond donors (Lipinski definition) is 1. The Labute approximate surface area is 252 Å². The van der Waals surface area contributed by atoms with Crippen molar-refractivity contribution in [3.8, 4) is 17.2 Å².